The molecule has 0 atom stereocenters. The Balaban J connectivity index is 1.48. The molecule has 0 unspecified atom stereocenters. The van der Waals surface area contributed by atoms with E-state index in [4.69, 9.17) is 0 Å². The maximum Gasteiger partial charge on any atom is 0.0541 e. The molecule has 0 saturated carbocycles. The van der Waals surface area contributed by atoms with Crippen molar-refractivity contribution in [2.24, 2.45) is 0 Å². The molecule has 42 heavy (non-hydrogen) atoms. The van der Waals surface area contributed by atoms with Crippen molar-refractivity contribution in [2.75, 3.05) is 0 Å². The second kappa shape index (κ2) is 9.81. The minimum atomic E-state index is 1.10. The van der Waals surface area contributed by atoms with Gasteiger partial charge in [0, 0.05) is 22.0 Å². The van der Waals surface area contributed by atoms with Gasteiger partial charge < -0.3 is 4.57 Å². The fourth-order valence-electron chi connectivity index (χ4n) is 6.54. The Labute approximate surface area is 245 Å². The molecule has 0 N–H and O–H groups in total. The molecular formula is C41H27N. The zero-order valence-electron chi connectivity index (χ0n) is 23.3. The van der Waals surface area contributed by atoms with Crippen molar-refractivity contribution in [1.29, 1.82) is 0 Å². The molecule has 0 bridgehead atoms. The Kier molecular flexibility index (Phi) is 5.66. The van der Waals surface area contributed by atoms with Gasteiger partial charge in [-0.2, -0.15) is 0 Å². The highest BCUT2D eigenvalue weighted by atomic mass is 15.0. The molecule has 0 fully saturated rings. The second-order valence-corrected chi connectivity index (χ2v) is 10.7. The maximum atomic E-state index is 3.42. The largest absolute Gasteiger partial charge is 0.309 e. The molecule has 0 aliphatic heterocycles. The highest BCUT2D eigenvalue weighted by Gasteiger charge is 2.18. The zero-order valence-corrected chi connectivity index (χ0v) is 23.3. The van der Waals surface area contributed by atoms with Crippen LogP contribution in [0.2, 0.25) is 0 Å². The van der Waals surface area contributed by atoms with Gasteiger partial charge in [0.2, 0.25) is 0 Å². The van der Waals surface area contributed by atoms with Crippen molar-refractivity contribution in [1.82, 2.24) is 4.57 Å². The van der Waals surface area contributed by atoms with Gasteiger partial charge in [0.15, 0.2) is 0 Å². The van der Waals surface area contributed by atoms with E-state index in [1.807, 2.05) is 6.92 Å². The lowest BCUT2D eigenvalue weighted by Crippen LogP contribution is -1.93. The lowest BCUT2D eigenvalue weighted by molar-refractivity contribution is 1.18. The van der Waals surface area contributed by atoms with Crippen LogP contribution in [0.1, 0.15) is 12.5 Å². The molecule has 0 aliphatic carbocycles. The van der Waals surface area contributed by atoms with E-state index >= 15 is 0 Å². The molecule has 8 aromatic rings. The number of fused-ring (bicyclic) bond motifs is 5. The van der Waals surface area contributed by atoms with Gasteiger partial charge in [-0.25, -0.2) is 0 Å². The van der Waals surface area contributed by atoms with E-state index in [2.05, 4.69) is 162 Å². The average Bonchev–Trinajstić information content (AvgIpc) is 3.38. The lowest BCUT2D eigenvalue weighted by atomic mass is 9.88. The Morgan fingerprint density at radius 1 is 0.429 bits per heavy atom. The van der Waals surface area contributed by atoms with Crippen molar-refractivity contribution in [2.45, 2.75) is 6.92 Å². The van der Waals surface area contributed by atoms with Crippen LogP contribution in [0.3, 0.4) is 0 Å². The van der Waals surface area contributed by atoms with Crippen LogP contribution in [0.5, 0.6) is 0 Å². The summed E-state index contributed by atoms with van der Waals surface area (Å²) in [5.41, 5.74) is 9.58. The van der Waals surface area contributed by atoms with Crippen molar-refractivity contribution in [3.63, 3.8) is 0 Å². The highest BCUT2D eigenvalue weighted by molar-refractivity contribution is 6.18. The predicted molar refractivity (Wildman–Crippen MR) is 179 cm³/mol. The first kappa shape index (κ1) is 24.2. The van der Waals surface area contributed by atoms with Crippen LogP contribution in [-0.2, 0) is 0 Å². The summed E-state index contributed by atoms with van der Waals surface area (Å²) in [6.45, 7) is 1.91. The Morgan fingerprint density at radius 3 is 1.52 bits per heavy atom. The van der Waals surface area contributed by atoms with Crippen LogP contribution in [0, 0.1) is 11.8 Å². The van der Waals surface area contributed by atoms with Crippen LogP contribution < -0.4 is 0 Å². The number of rotatable bonds is 3. The van der Waals surface area contributed by atoms with Crippen LogP contribution in [0.4, 0.5) is 0 Å². The van der Waals surface area contributed by atoms with Gasteiger partial charge in [-0.3, -0.25) is 0 Å². The van der Waals surface area contributed by atoms with E-state index in [1.165, 1.54) is 65.6 Å². The van der Waals surface area contributed by atoms with Crippen LogP contribution in [-0.4, -0.2) is 4.57 Å². The van der Waals surface area contributed by atoms with Gasteiger partial charge in [0.1, 0.15) is 0 Å². The molecule has 0 aliphatic rings. The summed E-state index contributed by atoms with van der Waals surface area (Å²) in [5.74, 6) is 6.57. The minimum absolute atomic E-state index is 1.10. The summed E-state index contributed by atoms with van der Waals surface area (Å²) in [6, 6.07) is 52.5. The van der Waals surface area contributed by atoms with E-state index in [9.17, 15) is 0 Å². The molecule has 1 heterocycles. The molecule has 0 saturated heterocycles. The Hall–Kier alpha value is -5.58. The monoisotopic (exact) mass is 533 g/mol. The first-order chi connectivity index (χ1) is 20.8. The normalized spacial score (nSPS) is 11.3. The third-order valence-corrected chi connectivity index (χ3v) is 8.36. The predicted octanol–water partition coefficient (Wildman–Crippen LogP) is 10.8. The van der Waals surface area contributed by atoms with Crippen molar-refractivity contribution in [3.8, 4) is 39.8 Å². The molecule has 1 heteroatoms. The lowest BCUT2D eigenvalue weighted by Gasteiger charge is -2.15. The van der Waals surface area contributed by atoms with Gasteiger partial charge in [0.25, 0.3) is 0 Å². The summed E-state index contributed by atoms with van der Waals surface area (Å²) >= 11 is 0. The van der Waals surface area contributed by atoms with E-state index in [1.54, 1.807) is 0 Å². The third-order valence-electron chi connectivity index (χ3n) is 8.36. The molecule has 1 nitrogen and oxygen atoms in total. The number of hydrogen-bond donors (Lipinski definition) is 0. The fraction of sp³-hybridized carbons (Fsp3) is 0.0244. The second-order valence-electron chi connectivity index (χ2n) is 10.7. The summed E-state index contributed by atoms with van der Waals surface area (Å²) < 4.78 is 2.39. The molecule has 0 amide bonds. The smallest absolute Gasteiger partial charge is 0.0541 e. The SMILES string of the molecule is CC#Cc1c2ccccc2c(-c2ccc3c(c2)c2cc(-c4ccccc4)ccc2n3-c2ccccc2)c2ccccc12. The molecule has 0 radical (unpaired) electrons. The highest BCUT2D eigenvalue weighted by Crippen LogP contribution is 2.42. The Bertz CT molecular complexity index is 2290. The van der Waals surface area contributed by atoms with Gasteiger partial charge in [-0.15, -0.1) is 5.92 Å². The number of hydrogen-bond acceptors (Lipinski definition) is 0. The van der Waals surface area contributed by atoms with Crippen LogP contribution in [0.15, 0.2) is 146 Å². The molecule has 8 rings (SSSR count). The van der Waals surface area contributed by atoms with Crippen molar-refractivity contribution < 1.29 is 0 Å². The first-order valence-corrected chi connectivity index (χ1v) is 14.4. The van der Waals surface area contributed by atoms with E-state index in [0.717, 1.165) is 11.3 Å². The van der Waals surface area contributed by atoms with Crippen molar-refractivity contribution >= 4 is 43.4 Å². The molecule has 1 aromatic heterocycles. The number of benzene rings is 7. The molecule has 0 spiro atoms. The van der Waals surface area contributed by atoms with Crippen LogP contribution in [0.25, 0.3) is 71.3 Å². The number of aromatic nitrogens is 1. The molecule has 196 valence electrons. The zero-order chi connectivity index (χ0) is 28.0. The first-order valence-electron chi connectivity index (χ1n) is 14.4. The Morgan fingerprint density at radius 2 is 0.929 bits per heavy atom. The number of para-hydroxylation sites is 1. The van der Waals surface area contributed by atoms with Crippen molar-refractivity contribution in [3.05, 3.63) is 151 Å². The quantitative estimate of drug-likeness (QED) is 0.157. The molecule has 7 aromatic carbocycles. The maximum absolute atomic E-state index is 3.42. The summed E-state index contributed by atoms with van der Waals surface area (Å²) in [7, 11) is 0. The van der Waals surface area contributed by atoms with E-state index < -0.39 is 0 Å². The van der Waals surface area contributed by atoms with E-state index in [-0.39, 0.29) is 0 Å². The van der Waals surface area contributed by atoms with Gasteiger partial charge in [-0.1, -0.05) is 115 Å². The summed E-state index contributed by atoms with van der Waals surface area (Å²) in [4.78, 5) is 0. The topological polar surface area (TPSA) is 4.93 Å². The third kappa shape index (κ3) is 3.74. The average molecular weight is 534 g/mol. The molecular weight excluding hydrogens is 506 g/mol. The van der Waals surface area contributed by atoms with Gasteiger partial charge in [-0.05, 0) is 87.1 Å². The van der Waals surface area contributed by atoms with Gasteiger partial charge in [0.05, 0.1) is 11.0 Å². The van der Waals surface area contributed by atoms with Crippen LogP contribution >= 0.6 is 0 Å². The fourth-order valence-corrected chi connectivity index (χ4v) is 6.54. The number of nitrogens with zero attached hydrogens (tertiary/aromatic N) is 1. The standard InChI is InChI=1S/C41H27N/c1-2-13-32-33-18-9-11-20-35(33)41(36-21-12-10-19-34(32)36)30-23-25-40-38(27-30)37-26-29(28-14-5-3-6-15-28)22-24-39(37)42(40)31-16-7-4-8-17-31/h3-12,14-27H,1H3. The minimum Gasteiger partial charge on any atom is -0.309 e. The van der Waals surface area contributed by atoms with E-state index in [0.29, 0.717) is 0 Å². The summed E-state index contributed by atoms with van der Waals surface area (Å²) in [5, 5.41) is 7.33. The van der Waals surface area contributed by atoms with Gasteiger partial charge >= 0.3 is 0 Å². The summed E-state index contributed by atoms with van der Waals surface area (Å²) in [6.07, 6.45) is 0.